The molecule has 102 valence electrons. The normalized spacial score (nSPS) is 15.1. The molecule has 1 aromatic carbocycles. The Balaban J connectivity index is 2.02. The van der Waals surface area contributed by atoms with E-state index in [1.54, 1.807) is 12.1 Å². The van der Waals surface area contributed by atoms with Crippen molar-refractivity contribution in [1.82, 2.24) is 0 Å². The van der Waals surface area contributed by atoms with Gasteiger partial charge in [-0.05, 0) is 36.1 Å². The summed E-state index contributed by atoms with van der Waals surface area (Å²) in [6.07, 6.45) is 1.01. The summed E-state index contributed by atoms with van der Waals surface area (Å²) in [5.41, 5.74) is 8.22. The van der Waals surface area contributed by atoms with Crippen molar-refractivity contribution >= 4 is 23.2 Å². The number of anilines is 2. The number of amides is 2. The molecule has 19 heavy (non-hydrogen) atoms. The van der Waals surface area contributed by atoms with Crippen LogP contribution in [0.25, 0.3) is 0 Å². The fourth-order valence-corrected chi connectivity index (χ4v) is 2.16. The summed E-state index contributed by atoms with van der Waals surface area (Å²) in [5, 5.41) is 5.54. The topological polar surface area (TPSA) is 84.2 Å². The number of fused-ring (bicyclic) bond motifs is 1. The van der Waals surface area contributed by atoms with Gasteiger partial charge in [-0.15, -0.1) is 0 Å². The van der Waals surface area contributed by atoms with Crippen LogP contribution in [0.2, 0.25) is 0 Å². The average molecular weight is 261 g/mol. The molecule has 2 rings (SSSR count). The Morgan fingerprint density at radius 2 is 2.21 bits per heavy atom. The molecule has 5 nitrogen and oxygen atoms in total. The first kappa shape index (κ1) is 13.5. The second kappa shape index (κ2) is 5.40. The third kappa shape index (κ3) is 3.32. The highest BCUT2D eigenvalue weighted by atomic mass is 16.2. The first-order valence-corrected chi connectivity index (χ1v) is 6.45. The van der Waals surface area contributed by atoms with Crippen LogP contribution in [0.4, 0.5) is 11.4 Å². The minimum atomic E-state index is -0.506. The Morgan fingerprint density at radius 3 is 2.89 bits per heavy atom. The molecule has 0 spiro atoms. The standard InChI is InChI=1S/C14H19N3O2/c1-8(2)5-11(15)14(19)16-10-3-4-12-9(6-10)7-13(18)17-12/h3-4,6,8,11H,5,7,15H2,1-2H3,(H,16,19)(H,17,18)/t11-/m1/s1. The van der Waals surface area contributed by atoms with E-state index in [9.17, 15) is 9.59 Å². The van der Waals surface area contributed by atoms with Gasteiger partial charge in [0.05, 0.1) is 12.5 Å². The van der Waals surface area contributed by atoms with Gasteiger partial charge in [-0.25, -0.2) is 0 Å². The van der Waals surface area contributed by atoms with Crippen molar-refractivity contribution < 1.29 is 9.59 Å². The van der Waals surface area contributed by atoms with Gasteiger partial charge in [0, 0.05) is 11.4 Å². The van der Waals surface area contributed by atoms with E-state index in [2.05, 4.69) is 10.6 Å². The van der Waals surface area contributed by atoms with Crippen molar-refractivity contribution in [3.8, 4) is 0 Å². The number of benzene rings is 1. The van der Waals surface area contributed by atoms with E-state index in [0.717, 1.165) is 11.3 Å². The van der Waals surface area contributed by atoms with Gasteiger partial charge < -0.3 is 16.4 Å². The predicted octanol–water partition coefficient (Wildman–Crippen LogP) is 1.49. The third-order valence-electron chi connectivity index (χ3n) is 3.06. The van der Waals surface area contributed by atoms with Crippen molar-refractivity contribution in [3.63, 3.8) is 0 Å². The van der Waals surface area contributed by atoms with Gasteiger partial charge in [-0.3, -0.25) is 9.59 Å². The Morgan fingerprint density at radius 1 is 1.47 bits per heavy atom. The van der Waals surface area contributed by atoms with Crippen LogP contribution in [-0.2, 0) is 16.0 Å². The van der Waals surface area contributed by atoms with Gasteiger partial charge in [0.25, 0.3) is 0 Å². The van der Waals surface area contributed by atoms with Crippen molar-refractivity contribution in [2.45, 2.75) is 32.7 Å². The van der Waals surface area contributed by atoms with E-state index in [0.29, 0.717) is 24.4 Å². The fraction of sp³-hybridized carbons (Fsp3) is 0.429. The first-order valence-electron chi connectivity index (χ1n) is 6.45. The smallest absolute Gasteiger partial charge is 0.241 e. The maximum absolute atomic E-state index is 11.9. The monoisotopic (exact) mass is 261 g/mol. The van der Waals surface area contributed by atoms with E-state index < -0.39 is 6.04 Å². The van der Waals surface area contributed by atoms with Crippen LogP contribution in [-0.4, -0.2) is 17.9 Å². The second-order valence-electron chi connectivity index (χ2n) is 5.32. The second-order valence-corrected chi connectivity index (χ2v) is 5.32. The van der Waals surface area contributed by atoms with E-state index in [1.807, 2.05) is 19.9 Å². The highest BCUT2D eigenvalue weighted by Gasteiger charge is 2.19. The highest BCUT2D eigenvalue weighted by Crippen LogP contribution is 2.26. The molecule has 2 amide bonds. The Kier molecular flexibility index (Phi) is 3.85. The van der Waals surface area contributed by atoms with Gasteiger partial charge in [0.2, 0.25) is 11.8 Å². The molecule has 5 heteroatoms. The van der Waals surface area contributed by atoms with Gasteiger partial charge >= 0.3 is 0 Å². The first-order chi connectivity index (χ1) is 8.95. The maximum atomic E-state index is 11.9. The van der Waals surface area contributed by atoms with Crippen LogP contribution >= 0.6 is 0 Å². The maximum Gasteiger partial charge on any atom is 0.241 e. The number of rotatable bonds is 4. The zero-order valence-corrected chi connectivity index (χ0v) is 11.2. The van der Waals surface area contributed by atoms with Gasteiger partial charge in [-0.1, -0.05) is 13.8 Å². The Bertz CT molecular complexity index is 511. The molecule has 0 unspecified atom stereocenters. The van der Waals surface area contributed by atoms with Gasteiger partial charge in [-0.2, -0.15) is 0 Å². The fourth-order valence-electron chi connectivity index (χ4n) is 2.16. The predicted molar refractivity (Wildman–Crippen MR) is 74.8 cm³/mol. The average Bonchev–Trinajstić information content (AvgIpc) is 2.67. The summed E-state index contributed by atoms with van der Waals surface area (Å²) in [7, 11) is 0. The molecule has 0 saturated carbocycles. The molecule has 1 aliphatic heterocycles. The number of nitrogens with one attached hydrogen (secondary N) is 2. The molecule has 4 N–H and O–H groups in total. The third-order valence-corrected chi connectivity index (χ3v) is 3.06. The summed E-state index contributed by atoms with van der Waals surface area (Å²) in [6, 6.07) is 4.87. The summed E-state index contributed by atoms with van der Waals surface area (Å²) >= 11 is 0. The van der Waals surface area contributed by atoms with Gasteiger partial charge in [0.1, 0.15) is 0 Å². The Hall–Kier alpha value is -1.88. The van der Waals surface area contributed by atoms with Crippen LogP contribution in [0.3, 0.4) is 0 Å². The highest BCUT2D eigenvalue weighted by molar-refractivity contribution is 6.00. The number of hydrogen-bond acceptors (Lipinski definition) is 3. The van der Waals surface area contributed by atoms with Crippen LogP contribution in [0.1, 0.15) is 25.8 Å². The number of carbonyl (C=O) groups excluding carboxylic acids is 2. The summed E-state index contributed by atoms with van der Waals surface area (Å²) in [4.78, 5) is 23.1. The molecular weight excluding hydrogens is 242 g/mol. The summed E-state index contributed by atoms with van der Waals surface area (Å²) < 4.78 is 0. The lowest BCUT2D eigenvalue weighted by molar-refractivity contribution is -0.117. The number of carbonyl (C=O) groups is 2. The minimum Gasteiger partial charge on any atom is -0.326 e. The lowest BCUT2D eigenvalue weighted by Crippen LogP contribution is -2.36. The van der Waals surface area contributed by atoms with Crippen molar-refractivity contribution in [1.29, 1.82) is 0 Å². The molecule has 0 aliphatic carbocycles. The molecule has 0 aromatic heterocycles. The largest absolute Gasteiger partial charge is 0.326 e. The molecule has 0 fully saturated rings. The van der Waals surface area contributed by atoms with Crippen LogP contribution in [0, 0.1) is 5.92 Å². The molecule has 1 aliphatic rings. The number of nitrogens with two attached hydrogens (primary N) is 1. The van der Waals surface area contributed by atoms with Crippen molar-refractivity contribution in [2.24, 2.45) is 11.7 Å². The minimum absolute atomic E-state index is 0.0185. The number of hydrogen-bond donors (Lipinski definition) is 3. The van der Waals surface area contributed by atoms with E-state index in [4.69, 9.17) is 5.73 Å². The lowest BCUT2D eigenvalue weighted by Gasteiger charge is -2.14. The van der Waals surface area contributed by atoms with Crippen LogP contribution in [0.15, 0.2) is 18.2 Å². The molecule has 1 aromatic rings. The van der Waals surface area contributed by atoms with Gasteiger partial charge in [0.15, 0.2) is 0 Å². The van der Waals surface area contributed by atoms with E-state index >= 15 is 0 Å². The molecule has 0 radical (unpaired) electrons. The van der Waals surface area contributed by atoms with Crippen molar-refractivity contribution in [2.75, 3.05) is 10.6 Å². The Labute approximate surface area is 112 Å². The molecule has 1 heterocycles. The quantitative estimate of drug-likeness (QED) is 0.767. The molecule has 0 saturated heterocycles. The zero-order valence-electron chi connectivity index (χ0n) is 11.2. The SMILES string of the molecule is CC(C)C[C@@H](N)C(=O)Nc1ccc2c(c1)CC(=O)N2. The van der Waals surface area contributed by atoms with E-state index in [-0.39, 0.29) is 11.8 Å². The van der Waals surface area contributed by atoms with Crippen molar-refractivity contribution in [3.05, 3.63) is 23.8 Å². The molecule has 1 atom stereocenters. The summed E-state index contributed by atoms with van der Waals surface area (Å²) in [5.74, 6) is 0.170. The van der Waals surface area contributed by atoms with E-state index in [1.165, 1.54) is 0 Å². The van der Waals surface area contributed by atoms with Crippen LogP contribution in [0.5, 0.6) is 0 Å². The lowest BCUT2D eigenvalue weighted by atomic mass is 10.0. The molecular formula is C14H19N3O2. The molecule has 0 bridgehead atoms. The van der Waals surface area contributed by atoms with Crippen LogP contribution < -0.4 is 16.4 Å². The zero-order chi connectivity index (χ0) is 14.0. The summed E-state index contributed by atoms with van der Waals surface area (Å²) in [6.45, 7) is 4.06.